The minimum Gasteiger partial charge on any atom is -0.316 e. The van der Waals surface area contributed by atoms with Crippen LogP contribution in [0.3, 0.4) is 0 Å². The summed E-state index contributed by atoms with van der Waals surface area (Å²) in [5, 5.41) is 8.36. The van der Waals surface area contributed by atoms with Gasteiger partial charge in [0.2, 0.25) is 0 Å². The summed E-state index contributed by atoms with van der Waals surface area (Å²) in [5.41, 5.74) is -1.23. The van der Waals surface area contributed by atoms with Crippen molar-refractivity contribution in [1.82, 2.24) is 4.98 Å². The number of hydrogen-bond acceptors (Lipinski definition) is 2. The fourth-order valence-corrected chi connectivity index (χ4v) is 1.46. The summed E-state index contributed by atoms with van der Waals surface area (Å²) in [7, 11) is 0. The molecule has 3 nitrogen and oxygen atoms in total. The molecule has 1 aromatic rings. The number of rotatable bonds is 2. The van der Waals surface area contributed by atoms with Gasteiger partial charge in [-0.15, -0.1) is 0 Å². The van der Waals surface area contributed by atoms with Crippen LogP contribution in [0, 0.1) is 11.3 Å². The van der Waals surface area contributed by atoms with Gasteiger partial charge in [0.05, 0.1) is 17.1 Å². The second-order valence-corrected chi connectivity index (χ2v) is 3.37. The normalized spacial score (nSPS) is 10.2. The van der Waals surface area contributed by atoms with Gasteiger partial charge in [-0.3, -0.25) is 4.79 Å². The largest absolute Gasteiger partial charge is 0.316 e. The zero-order valence-electron chi connectivity index (χ0n) is 6.85. The number of nitriles is 1. The Labute approximate surface area is 86.5 Å². The van der Waals surface area contributed by atoms with E-state index in [2.05, 4.69) is 20.9 Å². The summed E-state index contributed by atoms with van der Waals surface area (Å²) >= 11 is 2.89. The van der Waals surface area contributed by atoms with Crippen LogP contribution in [0.25, 0.3) is 0 Å². The van der Waals surface area contributed by atoms with E-state index in [1.807, 2.05) is 0 Å². The van der Waals surface area contributed by atoms with E-state index in [1.54, 1.807) is 6.07 Å². The molecule has 0 spiro atoms. The van der Waals surface area contributed by atoms with Crippen LogP contribution in [0.2, 0.25) is 0 Å². The van der Waals surface area contributed by atoms with E-state index in [1.165, 1.54) is 0 Å². The highest BCUT2D eigenvalue weighted by Gasteiger charge is 2.16. The number of nitrogens with one attached hydrogen (secondary N) is 1. The standard InChI is InChI=1S/C8H5BrF2N2O/c9-6-3-5(7(10)11)4(1-2-12)8(14)13-6/h3,7H,1H2,(H,13,14). The molecule has 0 aromatic carbocycles. The highest BCUT2D eigenvalue weighted by atomic mass is 79.9. The van der Waals surface area contributed by atoms with Crippen molar-refractivity contribution in [3.05, 3.63) is 32.2 Å². The van der Waals surface area contributed by atoms with E-state index in [9.17, 15) is 13.6 Å². The minimum absolute atomic E-state index is 0.175. The molecular formula is C8H5BrF2N2O. The first kappa shape index (κ1) is 10.9. The smallest absolute Gasteiger partial charge is 0.264 e. The van der Waals surface area contributed by atoms with Crippen LogP contribution < -0.4 is 5.56 Å². The Morgan fingerprint density at radius 2 is 2.29 bits per heavy atom. The fraction of sp³-hybridized carbons (Fsp3) is 0.250. The van der Waals surface area contributed by atoms with Gasteiger partial charge in [0, 0.05) is 11.1 Å². The first-order chi connectivity index (χ1) is 6.56. The van der Waals surface area contributed by atoms with E-state index >= 15 is 0 Å². The molecule has 0 unspecified atom stereocenters. The Bertz CT molecular complexity index is 436. The van der Waals surface area contributed by atoms with Crippen molar-refractivity contribution in [3.63, 3.8) is 0 Å². The second kappa shape index (κ2) is 4.33. The zero-order valence-corrected chi connectivity index (χ0v) is 8.44. The Kier molecular flexibility index (Phi) is 3.36. The maximum absolute atomic E-state index is 12.4. The summed E-state index contributed by atoms with van der Waals surface area (Å²) in [6.45, 7) is 0. The number of alkyl halides is 2. The number of hydrogen-bond donors (Lipinski definition) is 1. The molecule has 14 heavy (non-hydrogen) atoms. The van der Waals surface area contributed by atoms with Gasteiger partial charge < -0.3 is 4.98 Å². The highest BCUT2D eigenvalue weighted by Crippen LogP contribution is 2.22. The molecule has 1 aromatic heterocycles. The van der Waals surface area contributed by atoms with Crippen LogP contribution >= 0.6 is 15.9 Å². The van der Waals surface area contributed by atoms with Crippen LogP contribution in [0.1, 0.15) is 17.6 Å². The Morgan fingerprint density at radius 1 is 1.64 bits per heavy atom. The van der Waals surface area contributed by atoms with E-state index in [-0.39, 0.29) is 16.6 Å². The molecule has 1 heterocycles. The van der Waals surface area contributed by atoms with E-state index in [0.29, 0.717) is 0 Å². The van der Waals surface area contributed by atoms with E-state index < -0.39 is 17.5 Å². The van der Waals surface area contributed by atoms with E-state index in [4.69, 9.17) is 5.26 Å². The van der Waals surface area contributed by atoms with Gasteiger partial charge in [0.25, 0.3) is 12.0 Å². The van der Waals surface area contributed by atoms with Gasteiger partial charge in [-0.05, 0) is 22.0 Å². The lowest BCUT2D eigenvalue weighted by atomic mass is 10.1. The molecule has 1 N–H and O–H groups in total. The lowest BCUT2D eigenvalue weighted by Crippen LogP contribution is -2.15. The van der Waals surface area contributed by atoms with Gasteiger partial charge in [-0.1, -0.05) is 0 Å². The first-order valence-corrected chi connectivity index (χ1v) is 4.42. The van der Waals surface area contributed by atoms with Crippen LogP contribution in [-0.4, -0.2) is 4.98 Å². The van der Waals surface area contributed by atoms with Crippen LogP contribution in [-0.2, 0) is 6.42 Å². The first-order valence-electron chi connectivity index (χ1n) is 3.63. The predicted octanol–water partition coefficient (Wildman–Crippen LogP) is 2.14. The maximum Gasteiger partial charge on any atom is 0.264 e. The summed E-state index contributed by atoms with van der Waals surface area (Å²) in [6, 6.07) is 2.78. The van der Waals surface area contributed by atoms with Crippen molar-refractivity contribution < 1.29 is 8.78 Å². The van der Waals surface area contributed by atoms with Crippen molar-refractivity contribution in [2.75, 3.05) is 0 Å². The average molecular weight is 263 g/mol. The van der Waals surface area contributed by atoms with E-state index in [0.717, 1.165) is 6.07 Å². The molecule has 0 saturated heterocycles. The second-order valence-electron chi connectivity index (χ2n) is 2.52. The maximum atomic E-state index is 12.4. The molecule has 74 valence electrons. The topological polar surface area (TPSA) is 56.6 Å². The van der Waals surface area contributed by atoms with Gasteiger partial charge in [-0.25, -0.2) is 8.78 Å². The highest BCUT2D eigenvalue weighted by molar-refractivity contribution is 9.10. The summed E-state index contributed by atoms with van der Waals surface area (Å²) < 4.78 is 25.0. The third-order valence-corrected chi connectivity index (χ3v) is 2.06. The molecule has 0 radical (unpaired) electrons. The molecule has 0 aliphatic heterocycles. The number of aromatic nitrogens is 1. The van der Waals surface area contributed by atoms with Crippen LogP contribution in [0.4, 0.5) is 8.78 Å². The van der Waals surface area contributed by atoms with Crippen molar-refractivity contribution in [1.29, 1.82) is 5.26 Å². The quantitative estimate of drug-likeness (QED) is 0.831. The Hall–Kier alpha value is -1.22. The Balaban J connectivity index is 3.38. The number of halogens is 3. The van der Waals surface area contributed by atoms with Crippen molar-refractivity contribution in [2.24, 2.45) is 0 Å². The van der Waals surface area contributed by atoms with Gasteiger partial charge in [0.15, 0.2) is 0 Å². The molecule has 0 aliphatic carbocycles. The molecule has 0 aliphatic rings. The van der Waals surface area contributed by atoms with Gasteiger partial charge in [-0.2, -0.15) is 5.26 Å². The lowest BCUT2D eigenvalue weighted by Gasteiger charge is -2.04. The third kappa shape index (κ3) is 2.17. The average Bonchev–Trinajstić information content (AvgIpc) is 2.09. The summed E-state index contributed by atoms with van der Waals surface area (Å²) in [5.74, 6) is 0. The molecule has 6 heteroatoms. The van der Waals surface area contributed by atoms with Crippen molar-refractivity contribution in [3.8, 4) is 6.07 Å². The van der Waals surface area contributed by atoms with Gasteiger partial charge >= 0.3 is 0 Å². The zero-order chi connectivity index (χ0) is 10.7. The van der Waals surface area contributed by atoms with Crippen molar-refractivity contribution >= 4 is 15.9 Å². The lowest BCUT2D eigenvalue weighted by molar-refractivity contribution is 0.150. The number of aromatic amines is 1. The van der Waals surface area contributed by atoms with Gasteiger partial charge in [0.1, 0.15) is 0 Å². The molecule has 0 fully saturated rings. The van der Waals surface area contributed by atoms with Crippen LogP contribution in [0.5, 0.6) is 0 Å². The minimum atomic E-state index is -2.75. The summed E-state index contributed by atoms with van der Waals surface area (Å²) in [6.07, 6.45) is -3.07. The third-order valence-electron chi connectivity index (χ3n) is 1.63. The predicted molar refractivity (Wildman–Crippen MR) is 49.0 cm³/mol. The monoisotopic (exact) mass is 262 g/mol. The Morgan fingerprint density at radius 3 is 2.79 bits per heavy atom. The molecule has 0 amide bonds. The number of H-pyrrole nitrogens is 1. The molecule has 0 saturated carbocycles. The molecule has 0 bridgehead atoms. The van der Waals surface area contributed by atoms with Crippen LogP contribution in [0.15, 0.2) is 15.5 Å². The fourth-order valence-electron chi connectivity index (χ4n) is 1.03. The molecule has 1 rings (SSSR count). The number of pyridine rings is 1. The SMILES string of the molecule is N#CCc1c(C(F)F)cc(Br)[nH]c1=O. The van der Waals surface area contributed by atoms with Crippen molar-refractivity contribution in [2.45, 2.75) is 12.8 Å². The summed E-state index contributed by atoms with van der Waals surface area (Å²) in [4.78, 5) is 13.5. The molecule has 0 atom stereocenters. The number of nitrogens with zero attached hydrogens (tertiary/aromatic N) is 1. The molecular weight excluding hydrogens is 258 g/mol.